The first-order valence-corrected chi connectivity index (χ1v) is 8.07. The topological polar surface area (TPSA) is 58.2 Å². The summed E-state index contributed by atoms with van der Waals surface area (Å²) in [5.41, 5.74) is 2.01. The summed E-state index contributed by atoms with van der Waals surface area (Å²) in [6, 6.07) is 9.75. The van der Waals surface area contributed by atoms with Crippen LogP contribution in [0.5, 0.6) is 5.75 Å². The summed E-state index contributed by atoms with van der Waals surface area (Å²) in [4.78, 5) is 21.5. The Balaban J connectivity index is 1.68. The molecular weight excluding hydrogens is 290 g/mol. The molecular formula is C18H23N3O2. The summed E-state index contributed by atoms with van der Waals surface area (Å²) in [5.74, 6) is 2.01. The van der Waals surface area contributed by atoms with E-state index in [0.29, 0.717) is 5.92 Å². The average Bonchev–Trinajstić information content (AvgIpc) is 2.55. The van der Waals surface area contributed by atoms with Crippen molar-refractivity contribution < 1.29 is 4.74 Å². The fraction of sp³-hybridized carbons (Fsp3) is 0.444. The highest BCUT2D eigenvalue weighted by Gasteiger charge is 2.23. The van der Waals surface area contributed by atoms with Crippen molar-refractivity contribution in [2.24, 2.45) is 0 Å². The van der Waals surface area contributed by atoms with Crippen LogP contribution in [-0.2, 0) is 6.54 Å². The van der Waals surface area contributed by atoms with Crippen molar-refractivity contribution in [1.82, 2.24) is 14.9 Å². The van der Waals surface area contributed by atoms with E-state index < -0.39 is 0 Å². The van der Waals surface area contributed by atoms with Gasteiger partial charge in [-0.2, -0.15) is 0 Å². The molecule has 0 saturated carbocycles. The van der Waals surface area contributed by atoms with Gasteiger partial charge in [-0.05, 0) is 44.0 Å². The second-order valence-corrected chi connectivity index (χ2v) is 6.19. The fourth-order valence-corrected chi connectivity index (χ4v) is 3.21. The standard InChI is InChI=1S/C18H23N3O2/c1-13-10-17(22)20-18(19-13)15-4-3-9-21(12-15)11-14-5-7-16(23-2)8-6-14/h5-8,10,15H,3-4,9,11-12H2,1-2H3,(H,19,20,22)/t15-/m0/s1. The Kier molecular flexibility index (Phi) is 4.76. The minimum atomic E-state index is -0.0558. The molecule has 1 aliphatic heterocycles. The van der Waals surface area contributed by atoms with Crippen LogP contribution in [0.2, 0.25) is 0 Å². The number of ether oxygens (including phenoxy) is 1. The van der Waals surface area contributed by atoms with Crippen LogP contribution in [0, 0.1) is 6.92 Å². The van der Waals surface area contributed by atoms with Gasteiger partial charge in [-0.1, -0.05) is 12.1 Å². The molecule has 1 saturated heterocycles. The van der Waals surface area contributed by atoms with E-state index in [1.165, 1.54) is 5.56 Å². The Morgan fingerprint density at radius 2 is 2.13 bits per heavy atom. The molecule has 1 N–H and O–H groups in total. The molecule has 2 heterocycles. The third-order valence-corrected chi connectivity index (χ3v) is 4.35. The summed E-state index contributed by atoms with van der Waals surface area (Å²) in [5, 5.41) is 0. The predicted molar refractivity (Wildman–Crippen MR) is 89.8 cm³/mol. The highest BCUT2D eigenvalue weighted by Crippen LogP contribution is 2.25. The number of methoxy groups -OCH3 is 1. The Morgan fingerprint density at radius 3 is 2.83 bits per heavy atom. The molecule has 0 radical (unpaired) electrons. The SMILES string of the molecule is COc1ccc(CN2CCC[C@H](c3nc(C)cc(=O)[nH]3)C2)cc1. The van der Waals surface area contributed by atoms with E-state index in [1.807, 2.05) is 19.1 Å². The van der Waals surface area contributed by atoms with Crippen LogP contribution in [0.1, 0.15) is 35.8 Å². The smallest absolute Gasteiger partial charge is 0.251 e. The molecule has 122 valence electrons. The van der Waals surface area contributed by atoms with Crippen molar-refractivity contribution in [3.05, 3.63) is 57.8 Å². The van der Waals surface area contributed by atoms with Crippen molar-refractivity contribution in [3.8, 4) is 5.75 Å². The number of hydrogen-bond acceptors (Lipinski definition) is 4. The van der Waals surface area contributed by atoms with Gasteiger partial charge in [0.2, 0.25) is 0 Å². The lowest BCUT2D eigenvalue weighted by Gasteiger charge is -2.32. The summed E-state index contributed by atoms with van der Waals surface area (Å²) in [6.45, 7) is 4.80. The maximum atomic E-state index is 11.7. The van der Waals surface area contributed by atoms with Crippen LogP contribution < -0.4 is 10.3 Å². The van der Waals surface area contributed by atoms with Gasteiger partial charge in [0.25, 0.3) is 5.56 Å². The Hall–Kier alpha value is -2.14. The third kappa shape index (κ3) is 3.99. The van der Waals surface area contributed by atoms with E-state index >= 15 is 0 Å². The van der Waals surface area contributed by atoms with Gasteiger partial charge in [0.15, 0.2) is 0 Å². The van der Waals surface area contributed by atoms with Crippen molar-refractivity contribution in [1.29, 1.82) is 0 Å². The maximum absolute atomic E-state index is 11.7. The third-order valence-electron chi connectivity index (χ3n) is 4.35. The number of nitrogens with one attached hydrogen (secondary N) is 1. The summed E-state index contributed by atoms with van der Waals surface area (Å²) >= 11 is 0. The van der Waals surface area contributed by atoms with Crippen molar-refractivity contribution in [2.45, 2.75) is 32.2 Å². The number of benzene rings is 1. The van der Waals surface area contributed by atoms with Gasteiger partial charge in [0.05, 0.1) is 7.11 Å². The molecule has 3 rings (SSSR count). The lowest BCUT2D eigenvalue weighted by molar-refractivity contribution is 0.196. The number of piperidine rings is 1. The zero-order chi connectivity index (χ0) is 16.2. The summed E-state index contributed by atoms with van der Waals surface area (Å²) in [6.07, 6.45) is 2.20. The number of nitrogens with zero attached hydrogens (tertiary/aromatic N) is 2. The Morgan fingerprint density at radius 1 is 1.35 bits per heavy atom. The van der Waals surface area contributed by atoms with Gasteiger partial charge in [-0.25, -0.2) is 4.98 Å². The molecule has 23 heavy (non-hydrogen) atoms. The quantitative estimate of drug-likeness (QED) is 0.942. The average molecular weight is 313 g/mol. The lowest BCUT2D eigenvalue weighted by Crippen LogP contribution is -2.35. The zero-order valence-corrected chi connectivity index (χ0v) is 13.7. The van der Waals surface area contributed by atoms with Gasteiger partial charge in [-0.15, -0.1) is 0 Å². The van der Waals surface area contributed by atoms with Crippen LogP contribution in [0.15, 0.2) is 35.1 Å². The molecule has 1 fully saturated rings. The van der Waals surface area contributed by atoms with Gasteiger partial charge >= 0.3 is 0 Å². The second kappa shape index (κ2) is 6.96. The highest BCUT2D eigenvalue weighted by atomic mass is 16.5. The van der Waals surface area contributed by atoms with E-state index in [2.05, 4.69) is 27.0 Å². The number of hydrogen-bond donors (Lipinski definition) is 1. The zero-order valence-electron chi connectivity index (χ0n) is 13.7. The predicted octanol–water partition coefficient (Wildman–Crippen LogP) is 2.47. The minimum absolute atomic E-state index is 0.0558. The van der Waals surface area contributed by atoms with Crippen molar-refractivity contribution in [3.63, 3.8) is 0 Å². The molecule has 0 aliphatic carbocycles. The van der Waals surface area contributed by atoms with Gasteiger partial charge < -0.3 is 9.72 Å². The number of rotatable bonds is 4. The van der Waals surface area contributed by atoms with Gasteiger partial charge in [0, 0.05) is 30.8 Å². The first-order valence-electron chi connectivity index (χ1n) is 8.07. The Bertz CT molecular complexity index is 709. The number of H-pyrrole nitrogens is 1. The van der Waals surface area contributed by atoms with E-state index in [0.717, 1.165) is 49.7 Å². The van der Waals surface area contributed by atoms with Gasteiger partial charge in [-0.3, -0.25) is 9.69 Å². The fourth-order valence-electron chi connectivity index (χ4n) is 3.21. The Labute approximate surface area is 136 Å². The number of aromatic nitrogens is 2. The molecule has 1 atom stereocenters. The van der Waals surface area contributed by atoms with Crippen LogP contribution in [0.25, 0.3) is 0 Å². The molecule has 0 bridgehead atoms. The first kappa shape index (κ1) is 15.7. The number of aromatic amines is 1. The minimum Gasteiger partial charge on any atom is -0.497 e. The molecule has 0 amide bonds. The highest BCUT2D eigenvalue weighted by molar-refractivity contribution is 5.27. The van der Waals surface area contributed by atoms with Crippen molar-refractivity contribution in [2.75, 3.05) is 20.2 Å². The molecule has 1 aliphatic rings. The van der Waals surface area contributed by atoms with Crippen LogP contribution in [-0.4, -0.2) is 35.1 Å². The van der Waals surface area contributed by atoms with Crippen LogP contribution in [0.4, 0.5) is 0 Å². The van der Waals surface area contributed by atoms with E-state index in [1.54, 1.807) is 13.2 Å². The van der Waals surface area contributed by atoms with E-state index in [4.69, 9.17) is 4.74 Å². The van der Waals surface area contributed by atoms with E-state index in [9.17, 15) is 4.79 Å². The molecule has 0 spiro atoms. The second-order valence-electron chi connectivity index (χ2n) is 6.19. The van der Waals surface area contributed by atoms with Gasteiger partial charge in [0.1, 0.15) is 11.6 Å². The normalized spacial score (nSPS) is 18.8. The largest absolute Gasteiger partial charge is 0.497 e. The molecule has 1 aromatic heterocycles. The monoisotopic (exact) mass is 313 g/mol. The molecule has 1 aromatic carbocycles. The summed E-state index contributed by atoms with van der Waals surface area (Å²) < 4.78 is 5.20. The number of aryl methyl sites for hydroxylation is 1. The van der Waals surface area contributed by atoms with Crippen molar-refractivity contribution >= 4 is 0 Å². The van der Waals surface area contributed by atoms with E-state index in [-0.39, 0.29) is 5.56 Å². The lowest BCUT2D eigenvalue weighted by atomic mass is 9.96. The molecule has 5 heteroatoms. The first-order chi connectivity index (χ1) is 11.1. The maximum Gasteiger partial charge on any atom is 0.251 e. The van der Waals surface area contributed by atoms with Crippen LogP contribution >= 0.6 is 0 Å². The summed E-state index contributed by atoms with van der Waals surface area (Å²) in [7, 11) is 1.68. The molecule has 5 nitrogen and oxygen atoms in total. The van der Waals surface area contributed by atoms with Crippen LogP contribution in [0.3, 0.4) is 0 Å². The molecule has 2 aromatic rings. The number of likely N-dealkylation sites (tertiary alicyclic amines) is 1. The molecule has 0 unspecified atom stereocenters.